The topological polar surface area (TPSA) is 24.1 Å². The maximum absolute atomic E-state index is 13.0. The lowest BCUT2D eigenvalue weighted by atomic mass is 10.2. The molecule has 0 saturated heterocycles. The maximum atomic E-state index is 13.0. The van der Waals surface area contributed by atoms with Gasteiger partial charge >= 0.3 is 0 Å². The third kappa shape index (κ3) is 4.30. The number of hydrogen-bond acceptors (Lipinski definition) is 1. The summed E-state index contributed by atoms with van der Waals surface area (Å²) in [5.41, 5.74) is 1.35. The minimum atomic E-state index is -0.335. The van der Waals surface area contributed by atoms with Crippen LogP contribution in [-0.2, 0) is 6.54 Å². The molecule has 5 heteroatoms. The van der Waals surface area contributed by atoms with E-state index < -0.39 is 0 Å². The number of halogens is 2. The summed E-state index contributed by atoms with van der Waals surface area (Å²) >= 11 is 5.07. The molecule has 2 aromatic rings. The van der Waals surface area contributed by atoms with Gasteiger partial charge in [0.1, 0.15) is 11.6 Å². The van der Waals surface area contributed by atoms with Gasteiger partial charge < -0.3 is 10.6 Å². The third-order valence-electron chi connectivity index (χ3n) is 2.42. The van der Waals surface area contributed by atoms with Gasteiger partial charge in [-0.1, -0.05) is 18.2 Å². The van der Waals surface area contributed by atoms with Gasteiger partial charge in [-0.15, -0.1) is 0 Å². The minimum absolute atomic E-state index is 0.289. The number of anilines is 1. The van der Waals surface area contributed by atoms with Crippen LogP contribution in [0.1, 0.15) is 5.56 Å². The number of hydrogen-bond donors (Lipinski definition) is 2. The second kappa shape index (κ2) is 6.24. The van der Waals surface area contributed by atoms with Gasteiger partial charge in [-0.25, -0.2) is 8.78 Å². The normalized spacial score (nSPS) is 10.0. The van der Waals surface area contributed by atoms with Crippen molar-refractivity contribution < 1.29 is 8.78 Å². The predicted molar refractivity (Wildman–Crippen MR) is 75.9 cm³/mol. The molecule has 0 amide bonds. The van der Waals surface area contributed by atoms with Gasteiger partial charge in [0.25, 0.3) is 0 Å². The fraction of sp³-hybridized carbons (Fsp3) is 0.0714. The number of nitrogens with one attached hydrogen (secondary N) is 2. The van der Waals surface area contributed by atoms with Gasteiger partial charge in [-0.2, -0.15) is 0 Å². The zero-order chi connectivity index (χ0) is 13.7. The van der Waals surface area contributed by atoms with Crippen LogP contribution in [0.3, 0.4) is 0 Å². The number of thiocarbonyl (C=S) groups is 1. The SMILES string of the molecule is Fc1cccc(CNC(=S)Nc2cccc(F)c2)c1. The molecular formula is C14H12F2N2S. The first-order chi connectivity index (χ1) is 9.13. The van der Waals surface area contributed by atoms with Gasteiger partial charge in [-0.05, 0) is 48.1 Å². The summed E-state index contributed by atoms with van der Waals surface area (Å²) < 4.78 is 25.9. The zero-order valence-electron chi connectivity index (χ0n) is 9.99. The first-order valence-corrected chi connectivity index (χ1v) is 6.09. The number of rotatable bonds is 3. The van der Waals surface area contributed by atoms with E-state index in [0.29, 0.717) is 17.3 Å². The van der Waals surface area contributed by atoms with E-state index in [4.69, 9.17) is 12.2 Å². The van der Waals surface area contributed by atoms with Crippen LogP contribution in [-0.4, -0.2) is 5.11 Å². The Hall–Kier alpha value is -2.01. The molecule has 0 atom stereocenters. The molecule has 0 aliphatic carbocycles. The molecule has 0 aliphatic rings. The molecular weight excluding hydrogens is 266 g/mol. The summed E-state index contributed by atoms with van der Waals surface area (Å²) in [6.07, 6.45) is 0. The molecule has 0 aliphatic heterocycles. The van der Waals surface area contributed by atoms with E-state index in [1.807, 2.05) is 0 Å². The molecule has 0 heterocycles. The molecule has 0 radical (unpaired) electrons. The lowest BCUT2D eigenvalue weighted by Gasteiger charge is -2.10. The Morgan fingerprint density at radius 3 is 2.37 bits per heavy atom. The fourth-order valence-corrected chi connectivity index (χ4v) is 1.76. The van der Waals surface area contributed by atoms with Crippen molar-refractivity contribution in [3.05, 3.63) is 65.7 Å². The fourth-order valence-electron chi connectivity index (χ4n) is 1.57. The van der Waals surface area contributed by atoms with Gasteiger partial charge in [0, 0.05) is 12.2 Å². The van der Waals surface area contributed by atoms with Crippen LogP contribution in [0.2, 0.25) is 0 Å². The summed E-state index contributed by atoms with van der Waals surface area (Å²) in [6, 6.07) is 12.2. The monoisotopic (exact) mass is 278 g/mol. The Balaban J connectivity index is 1.88. The van der Waals surface area contributed by atoms with E-state index >= 15 is 0 Å². The third-order valence-corrected chi connectivity index (χ3v) is 2.67. The maximum Gasteiger partial charge on any atom is 0.171 e. The molecule has 0 bridgehead atoms. The van der Waals surface area contributed by atoms with Crippen molar-refractivity contribution in [2.24, 2.45) is 0 Å². The average molecular weight is 278 g/mol. The molecule has 0 aromatic heterocycles. The van der Waals surface area contributed by atoms with Gasteiger partial charge in [0.15, 0.2) is 5.11 Å². The Labute approximate surface area is 115 Å². The average Bonchev–Trinajstić information content (AvgIpc) is 2.36. The van der Waals surface area contributed by atoms with Crippen LogP contribution >= 0.6 is 12.2 Å². The lowest BCUT2D eigenvalue weighted by molar-refractivity contribution is 0.624. The molecule has 0 saturated carbocycles. The highest BCUT2D eigenvalue weighted by molar-refractivity contribution is 7.80. The molecule has 0 unspecified atom stereocenters. The molecule has 2 aromatic carbocycles. The van der Waals surface area contributed by atoms with E-state index in [1.54, 1.807) is 24.3 Å². The largest absolute Gasteiger partial charge is 0.358 e. The van der Waals surface area contributed by atoms with Crippen molar-refractivity contribution in [1.29, 1.82) is 0 Å². The van der Waals surface area contributed by atoms with Crippen LogP contribution in [0.5, 0.6) is 0 Å². The van der Waals surface area contributed by atoms with Crippen molar-refractivity contribution in [3.63, 3.8) is 0 Å². The Kier molecular flexibility index (Phi) is 4.41. The Morgan fingerprint density at radius 2 is 1.68 bits per heavy atom. The second-order valence-electron chi connectivity index (χ2n) is 3.95. The van der Waals surface area contributed by atoms with Gasteiger partial charge in [0.2, 0.25) is 0 Å². The Morgan fingerprint density at radius 1 is 1.00 bits per heavy atom. The smallest absolute Gasteiger partial charge is 0.171 e. The van der Waals surface area contributed by atoms with Crippen molar-refractivity contribution >= 4 is 23.0 Å². The van der Waals surface area contributed by atoms with Crippen molar-refractivity contribution in [3.8, 4) is 0 Å². The van der Waals surface area contributed by atoms with Crippen LogP contribution in [0, 0.1) is 11.6 Å². The van der Waals surface area contributed by atoms with E-state index in [1.165, 1.54) is 24.3 Å². The molecule has 19 heavy (non-hydrogen) atoms. The molecule has 98 valence electrons. The van der Waals surface area contributed by atoms with Gasteiger partial charge in [0.05, 0.1) is 0 Å². The summed E-state index contributed by atoms with van der Waals surface area (Å²) in [5, 5.41) is 6.14. The first kappa shape index (κ1) is 13.4. The quantitative estimate of drug-likeness (QED) is 0.841. The summed E-state index contributed by atoms with van der Waals surface area (Å²) in [4.78, 5) is 0. The standard InChI is InChI=1S/C14H12F2N2S/c15-11-4-1-3-10(7-11)9-17-14(19)18-13-6-2-5-12(16)8-13/h1-8H,9H2,(H2,17,18,19). The van der Waals surface area contributed by atoms with E-state index in [9.17, 15) is 8.78 Å². The van der Waals surface area contributed by atoms with E-state index in [2.05, 4.69) is 10.6 Å². The molecule has 2 nitrogen and oxygen atoms in total. The summed E-state index contributed by atoms with van der Waals surface area (Å²) in [5.74, 6) is -0.624. The highest BCUT2D eigenvalue weighted by Gasteiger charge is 2.00. The van der Waals surface area contributed by atoms with E-state index in [0.717, 1.165) is 5.56 Å². The second-order valence-corrected chi connectivity index (χ2v) is 4.36. The first-order valence-electron chi connectivity index (χ1n) is 5.68. The highest BCUT2D eigenvalue weighted by Crippen LogP contribution is 2.09. The number of benzene rings is 2. The molecule has 2 N–H and O–H groups in total. The van der Waals surface area contributed by atoms with E-state index in [-0.39, 0.29) is 11.6 Å². The molecule has 0 spiro atoms. The predicted octanol–water partition coefficient (Wildman–Crippen LogP) is 3.45. The summed E-state index contributed by atoms with van der Waals surface area (Å²) in [7, 11) is 0. The van der Waals surface area contributed by atoms with Crippen LogP contribution in [0.4, 0.5) is 14.5 Å². The van der Waals surface area contributed by atoms with Crippen molar-refractivity contribution in [2.75, 3.05) is 5.32 Å². The lowest BCUT2D eigenvalue weighted by Crippen LogP contribution is -2.27. The van der Waals surface area contributed by atoms with Crippen molar-refractivity contribution in [2.45, 2.75) is 6.54 Å². The van der Waals surface area contributed by atoms with Crippen LogP contribution in [0.15, 0.2) is 48.5 Å². The molecule has 2 rings (SSSR count). The highest BCUT2D eigenvalue weighted by atomic mass is 32.1. The zero-order valence-corrected chi connectivity index (χ0v) is 10.8. The van der Waals surface area contributed by atoms with Crippen LogP contribution in [0.25, 0.3) is 0 Å². The summed E-state index contributed by atoms with van der Waals surface area (Å²) in [6.45, 7) is 0.402. The van der Waals surface area contributed by atoms with Crippen LogP contribution < -0.4 is 10.6 Å². The van der Waals surface area contributed by atoms with Crippen molar-refractivity contribution in [1.82, 2.24) is 5.32 Å². The Bertz CT molecular complexity index is 587. The van der Waals surface area contributed by atoms with Gasteiger partial charge in [-0.3, -0.25) is 0 Å². The minimum Gasteiger partial charge on any atom is -0.358 e. The molecule has 0 fully saturated rings.